The molecule has 0 spiro atoms. The van der Waals surface area contributed by atoms with Gasteiger partial charge >= 0.3 is 5.97 Å². The van der Waals surface area contributed by atoms with Crippen LogP contribution in [0.4, 0.5) is 0 Å². The van der Waals surface area contributed by atoms with Crippen molar-refractivity contribution in [3.8, 4) is 0 Å². The largest absolute Gasteiger partial charge is 0.481 e. The van der Waals surface area contributed by atoms with Crippen LogP contribution in [0, 0.1) is 10.8 Å². The lowest BCUT2D eigenvalue weighted by Gasteiger charge is -2.31. The van der Waals surface area contributed by atoms with Gasteiger partial charge in [-0.3, -0.25) is 4.79 Å². The van der Waals surface area contributed by atoms with Gasteiger partial charge in [0.2, 0.25) is 0 Å². The van der Waals surface area contributed by atoms with Gasteiger partial charge in [0.25, 0.3) is 0 Å². The fourth-order valence-corrected chi connectivity index (χ4v) is 4.11. The molecule has 0 aromatic carbocycles. The van der Waals surface area contributed by atoms with Crippen molar-refractivity contribution in [3.05, 3.63) is 12.2 Å². The molecule has 41 heavy (non-hydrogen) atoms. The first-order valence-electron chi connectivity index (χ1n) is 15.9. The number of allylic oxidation sites excluding steroid dienone is 2. The van der Waals surface area contributed by atoms with Gasteiger partial charge in [0, 0.05) is 6.42 Å². The Balaban J connectivity index is 0. The molecule has 0 rings (SSSR count). The zero-order valence-corrected chi connectivity index (χ0v) is 26.0. The topological polar surface area (TPSA) is 168 Å². The van der Waals surface area contributed by atoms with Crippen molar-refractivity contribution in [1.82, 2.24) is 0 Å². The Morgan fingerprint density at radius 2 is 0.854 bits per heavy atom. The molecular formula is C32H64O9. The molecule has 0 aromatic heterocycles. The predicted octanol–water partition coefficient (Wildman–Crippen LogP) is 4.60. The van der Waals surface area contributed by atoms with Gasteiger partial charge in [0.1, 0.15) is 0 Å². The fraction of sp³-hybridized carbons (Fsp3) is 0.906. The van der Waals surface area contributed by atoms with Crippen molar-refractivity contribution in [2.45, 2.75) is 122 Å². The summed E-state index contributed by atoms with van der Waals surface area (Å²) >= 11 is 0. The van der Waals surface area contributed by atoms with Gasteiger partial charge in [-0.25, -0.2) is 0 Å². The number of carbonyl (C=O) groups is 1. The Morgan fingerprint density at radius 1 is 0.537 bits per heavy atom. The number of hydrogen-bond acceptors (Lipinski definition) is 8. The first-order valence-corrected chi connectivity index (χ1v) is 15.9. The van der Waals surface area contributed by atoms with Crippen LogP contribution in [-0.4, -0.2) is 94.6 Å². The van der Waals surface area contributed by atoms with E-state index in [2.05, 4.69) is 19.1 Å². The first kappa shape index (κ1) is 42.1. The standard InChI is InChI=1S/C22H42O2.C10H22O7/c1-2-3-4-5-6-7-8-9-10-11-12-13-14-15-16-17-18-19-20-21-22(23)24;11-1-9(2-12,3-13)7-17-8-10(4-14,5-15)6-16/h9-10H,2-8,11-21H2,1H3,(H,23,24);11-16H,1-8H2. The van der Waals surface area contributed by atoms with E-state index < -0.39 is 56.4 Å². The van der Waals surface area contributed by atoms with E-state index in [0.717, 1.165) is 12.8 Å². The summed E-state index contributed by atoms with van der Waals surface area (Å²) in [5, 5.41) is 62.7. The van der Waals surface area contributed by atoms with Gasteiger partial charge in [0.15, 0.2) is 0 Å². The molecule has 0 atom stereocenters. The summed E-state index contributed by atoms with van der Waals surface area (Å²) in [6, 6.07) is 0. The van der Waals surface area contributed by atoms with Crippen molar-refractivity contribution in [2.24, 2.45) is 10.8 Å². The van der Waals surface area contributed by atoms with Gasteiger partial charge in [-0.1, -0.05) is 96.1 Å². The third-order valence-electron chi connectivity index (χ3n) is 7.48. The molecule has 0 amide bonds. The summed E-state index contributed by atoms with van der Waals surface area (Å²) in [6.07, 6.45) is 27.1. The third kappa shape index (κ3) is 25.2. The normalized spacial score (nSPS) is 12.1. The molecule has 0 unspecified atom stereocenters. The number of aliphatic hydroxyl groups excluding tert-OH is 6. The first-order chi connectivity index (χ1) is 19.8. The highest BCUT2D eigenvalue weighted by molar-refractivity contribution is 5.66. The SMILES string of the molecule is CCCCCCCCC=CCCCCCCCCCCCC(=O)O.OCC(CO)(CO)COCC(CO)(CO)CO. The Labute approximate surface area is 249 Å². The quantitative estimate of drug-likeness (QED) is 0.0485. The molecule has 246 valence electrons. The summed E-state index contributed by atoms with van der Waals surface area (Å²) in [7, 11) is 0. The number of rotatable bonds is 29. The predicted molar refractivity (Wildman–Crippen MR) is 164 cm³/mol. The molecule has 0 bridgehead atoms. The van der Waals surface area contributed by atoms with Crippen molar-refractivity contribution < 1.29 is 45.3 Å². The molecule has 0 aliphatic heterocycles. The average Bonchev–Trinajstić information content (AvgIpc) is 2.99. The van der Waals surface area contributed by atoms with Crippen LogP contribution in [0.15, 0.2) is 12.2 Å². The van der Waals surface area contributed by atoms with Crippen LogP contribution in [-0.2, 0) is 9.53 Å². The molecule has 7 N–H and O–H groups in total. The molecule has 9 nitrogen and oxygen atoms in total. The minimum absolute atomic E-state index is 0.141. The molecule has 0 saturated carbocycles. The minimum atomic E-state index is -1.16. The number of carboxylic acids is 1. The van der Waals surface area contributed by atoms with E-state index in [0.29, 0.717) is 6.42 Å². The Kier molecular flexibility index (Phi) is 31.2. The van der Waals surface area contributed by atoms with Gasteiger partial charge < -0.3 is 40.5 Å². The zero-order valence-electron chi connectivity index (χ0n) is 26.0. The highest BCUT2D eigenvalue weighted by atomic mass is 16.5. The summed E-state index contributed by atoms with van der Waals surface area (Å²) in [6.45, 7) is -0.733. The van der Waals surface area contributed by atoms with Crippen LogP contribution < -0.4 is 0 Å². The highest BCUT2D eigenvalue weighted by Gasteiger charge is 2.32. The summed E-state index contributed by atoms with van der Waals surface area (Å²) in [4.78, 5) is 10.4. The van der Waals surface area contributed by atoms with E-state index in [1.807, 2.05) is 0 Å². The van der Waals surface area contributed by atoms with Crippen molar-refractivity contribution in [2.75, 3.05) is 52.9 Å². The molecule has 0 aliphatic carbocycles. The van der Waals surface area contributed by atoms with Gasteiger partial charge in [-0.15, -0.1) is 0 Å². The molecule has 0 saturated heterocycles. The average molecular weight is 593 g/mol. The number of hydrogen-bond donors (Lipinski definition) is 7. The van der Waals surface area contributed by atoms with Crippen molar-refractivity contribution >= 4 is 5.97 Å². The van der Waals surface area contributed by atoms with E-state index in [4.69, 9.17) is 40.5 Å². The molecule has 0 aromatic rings. The third-order valence-corrected chi connectivity index (χ3v) is 7.48. The lowest BCUT2D eigenvalue weighted by molar-refractivity contribution is -0.137. The Morgan fingerprint density at radius 3 is 1.17 bits per heavy atom. The zero-order chi connectivity index (χ0) is 31.1. The maximum atomic E-state index is 10.4. The van der Waals surface area contributed by atoms with E-state index in [9.17, 15) is 4.79 Å². The number of ether oxygens (including phenoxy) is 1. The summed E-state index contributed by atoms with van der Waals surface area (Å²) in [5.74, 6) is -0.656. The second-order valence-corrected chi connectivity index (χ2v) is 11.6. The fourth-order valence-electron chi connectivity index (χ4n) is 4.11. The number of unbranched alkanes of at least 4 members (excludes halogenated alkanes) is 15. The molecule has 0 aliphatic rings. The van der Waals surface area contributed by atoms with Crippen molar-refractivity contribution in [1.29, 1.82) is 0 Å². The number of aliphatic hydroxyl groups is 6. The van der Waals surface area contributed by atoms with Crippen LogP contribution in [0.5, 0.6) is 0 Å². The summed E-state index contributed by atoms with van der Waals surface area (Å²) < 4.78 is 5.15. The van der Waals surface area contributed by atoms with Crippen LogP contribution in [0.3, 0.4) is 0 Å². The Bertz CT molecular complexity index is 539. The van der Waals surface area contributed by atoms with E-state index in [-0.39, 0.29) is 13.2 Å². The number of carboxylic acid groups (broad SMARTS) is 1. The van der Waals surface area contributed by atoms with Crippen LogP contribution >= 0.6 is 0 Å². The Hall–Kier alpha value is -1.07. The van der Waals surface area contributed by atoms with Crippen LogP contribution in [0.2, 0.25) is 0 Å². The van der Waals surface area contributed by atoms with Crippen LogP contribution in [0.1, 0.15) is 122 Å². The van der Waals surface area contributed by atoms with Crippen molar-refractivity contribution in [3.63, 3.8) is 0 Å². The van der Waals surface area contributed by atoms with E-state index >= 15 is 0 Å². The van der Waals surface area contributed by atoms with Gasteiger partial charge in [0.05, 0.1) is 63.7 Å². The maximum Gasteiger partial charge on any atom is 0.303 e. The summed E-state index contributed by atoms with van der Waals surface area (Å²) in [5.41, 5.74) is -2.32. The monoisotopic (exact) mass is 592 g/mol. The number of aliphatic carboxylic acids is 1. The highest BCUT2D eigenvalue weighted by Crippen LogP contribution is 2.20. The molecular weight excluding hydrogens is 528 g/mol. The van der Waals surface area contributed by atoms with Gasteiger partial charge in [-0.2, -0.15) is 0 Å². The minimum Gasteiger partial charge on any atom is -0.481 e. The second kappa shape index (κ2) is 30.4. The maximum absolute atomic E-state index is 10.4. The van der Waals surface area contributed by atoms with E-state index in [1.54, 1.807) is 0 Å². The molecule has 9 heteroatoms. The molecule has 0 heterocycles. The molecule has 0 radical (unpaired) electrons. The second-order valence-electron chi connectivity index (χ2n) is 11.6. The van der Waals surface area contributed by atoms with E-state index in [1.165, 1.54) is 96.3 Å². The lowest BCUT2D eigenvalue weighted by Crippen LogP contribution is -2.43. The van der Waals surface area contributed by atoms with Crippen LogP contribution in [0.25, 0.3) is 0 Å². The smallest absolute Gasteiger partial charge is 0.303 e. The lowest BCUT2D eigenvalue weighted by atomic mass is 9.91. The van der Waals surface area contributed by atoms with Gasteiger partial charge in [-0.05, 0) is 32.1 Å². The molecule has 0 fully saturated rings.